The lowest BCUT2D eigenvalue weighted by molar-refractivity contribution is 0.222. The molecule has 0 aromatic heterocycles. The van der Waals surface area contributed by atoms with Gasteiger partial charge in [0.1, 0.15) is 0 Å². The number of benzene rings is 1. The first-order valence-electron chi connectivity index (χ1n) is 4.88. The Bertz CT molecular complexity index is 304. The molecular formula is C11H13N2O. The number of amides is 2. The van der Waals surface area contributed by atoms with E-state index in [1.54, 1.807) is 6.07 Å². The molecule has 0 aliphatic carbocycles. The normalized spacial score (nSPS) is 15.6. The van der Waals surface area contributed by atoms with Crippen molar-refractivity contribution in [3.63, 3.8) is 0 Å². The first-order chi connectivity index (χ1) is 6.86. The van der Waals surface area contributed by atoms with Gasteiger partial charge in [0.25, 0.3) is 0 Å². The Kier molecular flexibility index (Phi) is 2.68. The molecule has 1 radical (unpaired) electrons. The second kappa shape index (κ2) is 4.13. The molecule has 1 saturated heterocycles. The Hall–Kier alpha value is -1.51. The summed E-state index contributed by atoms with van der Waals surface area (Å²) in [6, 6.07) is 10.2. The Morgan fingerprint density at radius 3 is 2.86 bits per heavy atom. The van der Waals surface area contributed by atoms with Gasteiger partial charge in [-0.05, 0) is 31.0 Å². The lowest BCUT2D eigenvalue weighted by Gasteiger charge is -2.15. The molecule has 0 bridgehead atoms. The summed E-state index contributed by atoms with van der Waals surface area (Å²) in [5.74, 6) is 0. The maximum Gasteiger partial charge on any atom is 0.321 e. The molecule has 1 aromatic carbocycles. The first kappa shape index (κ1) is 9.06. The number of hydrogen-bond donors (Lipinski definition) is 1. The number of nitrogens with one attached hydrogen (secondary N) is 1. The highest BCUT2D eigenvalue weighted by molar-refractivity contribution is 5.89. The number of nitrogens with zero attached hydrogens (tertiary/aromatic N) is 1. The third kappa shape index (κ3) is 2.05. The van der Waals surface area contributed by atoms with Gasteiger partial charge in [0.05, 0.1) is 0 Å². The van der Waals surface area contributed by atoms with Gasteiger partial charge in [-0.3, -0.25) is 0 Å². The molecule has 1 fully saturated rings. The number of urea groups is 1. The lowest BCUT2D eigenvalue weighted by atomic mass is 10.3. The van der Waals surface area contributed by atoms with Gasteiger partial charge in [-0.25, -0.2) is 4.79 Å². The lowest BCUT2D eigenvalue weighted by Crippen LogP contribution is -2.32. The SMILES string of the molecule is O=C(Nc1c[c]ccc1)N1CCCC1. The van der Waals surface area contributed by atoms with Crippen molar-refractivity contribution in [2.75, 3.05) is 18.4 Å². The van der Waals surface area contributed by atoms with Crippen LogP contribution >= 0.6 is 0 Å². The van der Waals surface area contributed by atoms with E-state index in [4.69, 9.17) is 0 Å². The third-order valence-electron chi connectivity index (χ3n) is 2.35. The number of carbonyl (C=O) groups excluding carboxylic acids is 1. The molecule has 0 unspecified atom stereocenters. The second-order valence-electron chi connectivity index (χ2n) is 3.42. The highest BCUT2D eigenvalue weighted by Gasteiger charge is 2.17. The predicted molar refractivity (Wildman–Crippen MR) is 55.1 cm³/mol. The van der Waals surface area contributed by atoms with Crippen LogP contribution in [-0.2, 0) is 0 Å². The molecule has 1 aliphatic heterocycles. The Morgan fingerprint density at radius 1 is 1.43 bits per heavy atom. The van der Waals surface area contributed by atoms with Crippen molar-refractivity contribution in [1.82, 2.24) is 4.90 Å². The third-order valence-corrected chi connectivity index (χ3v) is 2.35. The smallest absolute Gasteiger partial charge is 0.321 e. The van der Waals surface area contributed by atoms with Gasteiger partial charge in [-0.15, -0.1) is 0 Å². The van der Waals surface area contributed by atoms with E-state index < -0.39 is 0 Å². The van der Waals surface area contributed by atoms with E-state index in [0.717, 1.165) is 31.6 Å². The molecule has 1 heterocycles. The van der Waals surface area contributed by atoms with E-state index >= 15 is 0 Å². The molecule has 0 saturated carbocycles. The molecule has 2 amide bonds. The van der Waals surface area contributed by atoms with Crippen molar-refractivity contribution in [3.05, 3.63) is 30.3 Å². The molecule has 2 rings (SSSR count). The largest absolute Gasteiger partial charge is 0.325 e. The fourth-order valence-corrected chi connectivity index (χ4v) is 1.59. The van der Waals surface area contributed by atoms with Crippen molar-refractivity contribution in [3.8, 4) is 0 Å². The summed E-state index contributed by atoms with van der Waals surface area (Å²) >= 11 is 0. The summed E-state index contributed by atoms with van der Waals surface area (Å²) in [6.07, 6.45) is 2.24. The van der Waals surface area contributed by atoms with E-state index in [-0.39, 0.29) is 6.03 Å². The maximum atomic E-state index is 11.6. The molecule has 0 spiro atoms. The summed E-state index contributed by atoms with van der Waals surface area (Å²) < 4.78 is 0. The van der Waals surface area contributed by atoms with Crippen LogP contribution in [0, 0.1) is 6.07 Å². The fourth-order valence-electron chi connectivity index (χ4n) is 1.59. The second-order valence-corrected chi connectivity index (χ2v) is 3.42. The van der Waals surface area contributed by atoms with Crippen LogP contribution in [0.3, 0.4) is 0 Å². The van der Waals surface area contributed by atoms with Gasteiger partial charge >= 0.3 is 6.03 Å². The van der Waals surface area contributed by atoms with Crippen molar-refractivity contribution in [1.29, 1.82) is 0 Å². The van der Waals surface area contributed by atoms with E-state index in [1.807, 2.05) is 23.1 Å². The van der Waals surface area contributed by atoms with E-state index in [9.17, 15) is 4.79 Å². The van der Waals surface area contributed by atoms with Crippen LogP contribution in [0.5, 0.6) is 0 Å². The molecular weight excluding hydrogens is 176 g/mol. The quantitative estimate of drug-likeness (QED) is 0.721. The standard InChI is InChI=1S/C11H13N2O/c14-11(13-8-4-5-9-13)12-10-6-2-1-3-7-10/h1-2,6-7H,4-5,8-9H2,(H,12,14). The van der Waals surface area contributed by atoms with E-state index in [2.05, 4.69) is 11.4 Å². The number of likely N-dealkylation sites (tertiary alicyclic amines) is 1. The zero-order valence-electron chi connectivity index (χ0n) is 7.99. The minimum absolute atomic E-state index is 0.00194. The summed E-state index contributed by atoms with van der Waals surface area (Å²) in [4.78, 5) is 13.5. The Balaban J connectivity index is 1.94. The maximum absolute atomic E-state index is 11.6. The van der Waals surface area contributed by atoms with Gasteiger partial charge in [0, 0.05) is 18.8 Å². The summed E-state index contributed by atoms with van der Waals surface area (Å²) in [6.45, 7) is 1.75. The van der Waals surface area contributed by atoms with Crippen molar-refractivity contribution >= 4 is 11.7 Å². The zero-order valence-corrected chi connectivity index (χ0v) is 7.99. The summed E-state index contributed by atoms with van der Waals surface area (Å²) in [5, 5.41) is 2.84. The minimum atomic E-state index is 0.00194. The van der Waals surface area contributed by atoms with Gasteiger partial charge < -0.3 is 10.2 Å². The van der Waals surface area contributed by atoms with Crippen LogP contribution in [0.2, 0.25) is 0 Å². The molecule has 3 nitrogen and oxygen atoms in total. The van der Waals surface area contributed by atoms with Crippen LogP contribution in [0.4, 0.5) is 10.5 Å². The molecule has 0 atom stereocenters. The first-order valence-corrected chi connectivity index (χ1v) is 4.88. The highest BCUT2D eigenvalue weighted by atomic mass is 16.2. The van der Waals surface area contributed by atoms with Crippen molar-refractivity contribution < 1.29 is 4.79 Å². The van der Waals surface area contributed by atoms with Crippen molar-refractivity contribution in [2.45, 2.75) is 12.8 Å². The number of hydrogen-bond acceptors (Lipinski definition) is 1. The topological polar surface area (TPSA) is 32.3 Å². The van der Waals surface area contributed by atoms with Crippen LogP contribution in [0.15, 0.2) is 24.3 Å². The molecule has 1 aromatic rings. The number of anilines is 1. The fraction of sp³-hybridized carbons (Fsp3) is 0.364. The van der Waals surface area contributed by atoms with Crippen LogP contribution in [0.25, 0.3) is 0 Å². The van der Waals surface area contributed by atoms with Crippen molar-refractivity contribution in [2.24, 2.45) is 0 Å². The predicted octanol–water partition coefficient (Wildman–Crippen LogP) is 2.11. The zero-order chi connectivity index (χ0) is 9.80. The summed E-state index contributed by atoms with van der Waals surface area (Å²) in [7, 11) is 0. The van der Waals surface area contributed by atoms with Crippen LogP contribution in [0.1, 0.15) is 12.8 Å². The average Bonchev–Trinajstić information content (AvgIpc) is 2.72. The monoisotopic (exact) mass is 189 g/mol. The van der Waals surface area contributed by atoms with Gasteiger partial charge in [0.15, 0.2) is 0 Å². The molecule has 3 heteroatoms. The highest BCUT2D eigenvalue weighted by Crippen LogP contribution is 2.11. The number of rotatable bonds is 1. The van der Waals surface area contributed by atoms with Gasteiger partial charge in [-0.2, -0.15) is 0 Å². The van der Waals surface area contributed by atoms with Gasteiger partial charge in [-0.1, -0.05) is 12.1 Å². The average molecular weight is 189 g/mol. The van der Waals surface area contributed by atoms with E-state index in [1.165, 1.54) is 0 Å². The number of carbonyl (C=O) groups is 1. The van der Waals surface area contributed by atoms with Crippen LogP contribution < -0.4 is 5.32 Å². The summed E-state index contributed by atoms with van der Waals surface area (Å²) in [5.41, 5.74) is 0.810. The molecule has 1 N–H and O–H groups in total. The van der Waals surface area contributed by atoms with Gasteiger partial charge in [0.2, 0.25) is 0 Å². The molecule has 14 heavy (non-hydrogen) atoms. The van der Waals surface area contributed by atoms with Crippen LogP contribution in [-0.4, -0.2) is 24.0 Å². The molecule has 73 valence electrons. The molecule has 1 aliphatic rings. The Labute approximate surface area is 83.7 Å². The Morgan fingerprint density at radius 2 is 2.21 bits per heavy atom. The van der Waals surface area contributed by atoms with E-state index in [0.29, 0.717) is 0 Å². The minimum Gasteiger partial charge on any atom is -0.325 e.